The molecule has 0 radical (unpaired) electrons. The molecule has 1 aliphatic heterocycles. The average molecular weight is 387 g/mol. The molecule has 0 aliphatic carbocycles. The number of amides is 1. The second kappa shape index (κ2) is 6.98. The van der Waals surface area contributed by atoms with Crippen LogP contribution in [0.3, 0.4) is 0 Å². The van der Waals surface area contributed by atoms with E-state index in [4.69, 9.17) is 0 Å². The van der Waals surface area contributed by atoms with E-state index in [2.05, 4.69) is 44.3 Å². The van der Waals surface area contributed by atoms with Gasteiger partial charge in [0.2, 0.25) is 5.91 Å². The number of aryl methyl sites for hydroxylation is 2. The summed E-state index contributed by atoms with van der Waals surface area (Å²) in [6.45, 7) is 5.18. The highest BCUT2D eigenvalue weighted by Gasteiger charge is 2.31. The SMILES string of the molecule is Cc1nn(C)c(C)c1NC(=O)CN1CCc2sccc2[C@@H]1c1cccs1. The summed E-state index contributed by atoms with van der Waals surface area (Å²) in [4.78, 5) is 17.8. The van der Waals surface area contributed by atoms with Gasteiger partial charge in [0.25, 0.3) is 0 Å². The maximum atomic E-state index is 12.8. The van der Waals surface area contributed by atoms with Crippen molar-refractivity contribution < 1.29 is 4.79 Å². The molecule has 3 aromatic rings. The van der Waals surface area contributed by atoms with Gasteiger partial charge < -0.3 is 5.32 Å². The molecule has 0 aromatic carbocycles. The van der Waals surface area contributed by atoms with Gasteiger partial charge in [-0.05, 0) is 48.7 Å². The third-order valence-electron chi connectivity index (χ3n) is 5.00. The maximum absolute atomic E-state index is 12.8. The third-order valence-corrected chi connectivity index (χ3v) is 6.92. The van der Waals surface area contributed by atoms with Crippen LogP contribution >= 0.6 is 22.7 Å². The molecule has 136 valence electrons. The van der Waals surface area contributed by atoms with Gasteiger partial charge in [-0.1, -0.05) is 6.07 Å². The van der Waals surface area contributed by atoms with E-state index in [0.29, 0.717) is 6.54 Å². The highest BCUT2D eigenvalue weighted by molar-refractivity contribution is 7.10. The van der Waals surface area contributed by atoms with Crippen LogP contribution in [0, 0.1) is 13.8 Å². The minimum Gasteiger partial charge on any atom is -0.322 e. The zero-order chi connectivity index (χ0) is 18.3. The van der Waals surface area contributed by atoms with Crippen molar-refractivity contribution in [3.63, 3.8) is 0 Å². The van der Waals surface area contributed by atoms with E-state index in [9.17, 15) is 4.79 Å². The molecule has 7 heteroatoms. The number of carbonyl (C=O) groups is 1. The largest absolute Gasteiger partial charge is 0.322 e. The van der Waals surface area contributed by atoms with Gasteiger partial charge in [0.15, 0.2) is 0 Å². The second-order valence-corrected chi connectivity index (χ2v) is 8.64. The Morgan fingerprint density at radius 3 is 2.85 bits per heavy atom. The smallest absolute Gasteiger partial charge is 0.238 e. The standard InChI is InChI=1S/C19H22N4OS2/c1-12-18(13(2)22(3)21-12)20-17(24)11-23-8-6-15-14(7-10-26-15)19(23)16-5-4-9-25-16/h4-5,7,9-10,19H,6,8,11H2,1-3H3,(H,20,24)/t19-/m1/s1. The first kappa shape index (κ1) is 17.5. The fraction of sp³-hybridized carbons (Fsp3) is 0.368. The molecule has 0 saturated heterocycles. The second-order valence-electron chi connectivity index (χ2n) is 6.66. The molecular formula is C19H22N4OS2. The van der Waals surface area contributed by atoms with Crippen molar-refractivity contribution in [3.8, 4) is 0 Å². The van der Waals surface area contributed by atoms with Crippen LogP contribution in [0.5, 0.6) is 0 Å². The Bertz CT molecular complexity index is 926. The van der Waals surface area contributed by atoms with Crippen molar-refractivity contribution in [2.45, 2.75) is 26.3 Å². The highest BCUT2D eigenvalue weighted by Crippen LogP contribution is 2.39. The Balaban J connectivity index is 1.56. The summed E-state index contributed by atoms with van der Waals surface area (Å²) < 4.78 is 1.80. The number of rotatable bonds is 4. The van der Waals surface area contributed by atoms with Crippen LogP contribution < -0.4 is 5.32 Å². The summed E-state index contributed by atoms with van der Waals surface area (Å²) >= 11 is 3.58. The Labute approximate surface area is 161 Å². The van der Waals surface area contributed by atoms with Gasteiger partial charge in [-0.3, -0.25) is 14.4 Å². The molecule has 1 atom stereocenters. The number of nitrogens with zero attached hydrogens (tertiary/aromatic N) is 3. The summed E-state index contributed by atoms with van der Waals surface area (Å²) in [6.07, 6.45) is 1.01. The first-order chi connectivity index (χ1) is 12.5. The third kappa shape index (κ3) is 3.11. The Hall–Kier alpha value is -1.96. The number of hydrogen-bond donors (Lipinski definition) is 1. The number of hydrogen-bond acceptors (Lipinski definition) is 5. The monoisotopic (exact) mass is 386 g/mol. The predicted octanol–water partition coefficient (Wildman–Crippen LogP) is 3.75. The Morgan fingerprint density at radius 2 is 2.15 bits per heavy atom. The van der Waals surface area contributed by atoms with Gasteiger partial charge >= 0.3 is 0 Å². The van der Waals surface area contributed by atoms with Gasteiger partial charge in [-0.2, -0.15) is 5.10 Å². The summed E-state index contributed by atoms with van der Waals surface area (Å²) in [6, 6.07) is 6.64. The molecule has 4 rings (SSSR count). The van der Waals surface area contributed by atoms with Crippen LogP contribution in [0.15, 0.2) is 29.0 Å². The number of nitrogens with one attached hydrogen (secondary N) is 1. The van der Waals surface area contributed by atoms with Crippen molar-refractivity contribution in [1.29, 1.82) is 0 Å². The zero-order valence-corrected chi connectivity index (χ0v) is 16.8. The summed E-state index contributed by atoms with van der Waals surface area (Å²) in [5.74, 6) is 0.0180. The lowest BCUT2D eigenvalue weighted by Crippen LogP contribution is -2.40. The average Bonchev–Trinajstić information content (AvgIpc) is 3.33. The number of aromatic nitrogens is 2. The van der Waals surface area contributed by atoms with Crippen molar-refractivity contribution in [3.05, 3.63) is 55.7 Å². The van der Waals surface area contributed by atoms with Crippen LogP contribution in [0.25, 0.3) is 0 Å². The van der Waals surface area contributed by atoms with E-state index in [1.165, 1.54) is 15.3 Å². The maximum Gasteiger partial charge on any atom is 0.238 e. The van der Waals surface area contributed by atoms with Gasteiger partial charge in [0, 0.05) is 23.3 Å². The van der Waals surface area contributed by atoms with E-state index in [0.717, 1.165) is 30.0 Å². The van der Waals surface area contributed by atoms with Crippen LogP contribution in [-0.4, -0.2) is 33.7 Å². The first-order valence-electron chi connectivity index (χ1n) is 8.68. The molecule has 1 amide bonds. The molecule has 1 N–H and O–H groups in total. The minimum atomic E-state index is 0.0180. The molecule has 0 saturated carbocycles. The van der Waals surface area contributed by atoms with Gasteiger partial charge in [-0.25, -0.2) is 0 Å². The van der Waals surface area contributed by atoms with Crippen LogP contribution in [0.2, 0.25) is 0 Å². The number of carbonyl (C=O) groups excluding carboxylic acids is 1. The molecule has 0 unspecified atom stereocenters. The van der Waals surface area contributed by atoms with E-state index >= 15 is 0 Å². The van der Waals surface area contributed by atoms with Crippen molar-refractivity contribution >= 4 is 34.3 Å². The number of anilines is 1. The normalized spacial score (nSPS) is 17.3. The van der Waals surface area contributed by atoms with Crippen molar-refractivity contribution in [2.75, 3.05) is 18.4 Å². The molecule has 3 aromatic heterocycles. The Kier molecular flexibility index (Phi) is 4.69. The lowest BCUT2D eigenvalue weighted by molar-refractivity contribution is -0.117. The molecule has 0 spiro atoms. The van der Waals surface area contributed by atoms with E-state index in [1.54, 1.807) is 16.0 Å². The predicted molar refractivity (Wildman–Crippen MR) is 107 cm³/mol. The molecule has 5 nitrogen and oxygen atoms in total. The van der Waals surface area contributed by atoms with Gasteiger partial charge in [0.1, 0.15) is 0 Å². The lowest BCUT2D eigenvalue weighted by atomic mass is 9.98. The minimum absolute atomic E-state index is 0.0180. The molecular weight excluding hydrogens is 364 g/mol. The molecule has 4 heterocycles. The fourth-order valence-electron chi connectivity index (χ4n) is 3.64. The molecule has 0 fully saturated rings. The van der Waals surface area contributed by atoms with E-state index in [1.807, 2.05) is 32.2 Å². The summed E-state index contributed by atoms with van der Waals surface area (Å²) in [5, 5.41) is 11.7. The zero-order valence-electron chi connectivity index (χ0n) is 15.2. The van der Waals surface area contributed by atoms with Gasteiger partial charge in [-0.15, -0.1) is 22.7 Å². The summed E-state index contributed by atoms with van der Waals surface area (Å²) in [7, 11) is 1.90. The summed E-state index contributed by atoms with van der Waals surface area (Å²) in [5.41, 5.74) is 4.01. The fourth-order valence-corrected chi connectivity index (χ4v) is 5.42. The lowest BCUT2D eigenvalue weighted by Gasteiger charge is -2.34. The van der Waals surface area contributed by atoms with E-state index < -0.39 is 0 Å². The molecule has 0 bridgehead atoms. The molecule has 1 aliphatic rings. The molecule has 26 heavy (non-hydrogen) atoms. The first-order valence-corrected chi connectivity index (χ1v) is 10.4. The number of fused-ring (bicyclic) bond motifs is 1. The quantitative estimate of drug-likeness (QED) is 0.743. The van der Waals surface area contributed by atoms with Crippen molar-refractivity contribution in [1.82, 2.24) is 14.7 Å². The van der Waals surface area contributed by atoms with Crippen LogP contribution in [0.1, 0.15) is 32.7 Å². The Morgan fingerprint density at radius 1 is 1.31 bits per heavy atom. The van der Waals surface area contributed by atoms with Crippen LogP contribution in [0.4, 0.5) is 5.69 Å². The number of thiophene rings is 2. The van der Waals surface area contributed by atoms with Crippen molar-refractivity contribution in [2.24, 2.45) is 7.05 Å². The highest BCUT2D eigenvalue weighted by atomic mass is 32.1. The van der Waals surface area contributed by atoms with Gasteiger partial charge in [0.05, 0.1) is 29.7 Å². The van der Waals surface area contributed by atoms with E-state index in [-0.39, 0.29) is 11.9 Å². The van der Waals surface area contributed by atoms with Crippen LogP contribution in [-0.2, 0) is 18.3 Å². The topological polar surface area (TPSA) is 50.2 Å².